The van der Waals surface area contributed by atoms with Crippen LogP contribution in [0, 0.1) is 5.92 Å². The van der Waals surface area contributed by atoms with Gasteiger partial charge >= 0.3 is 0 Å². The molecule has 0 aliphatic carbocycles. The molecule has 120 valence electrons. The molecule has 0 radical (unpaired) electrons. The average Bonchev–Trinajstić information content (AvgIpc) is 2.56. The van der Waals surface area contributed by atoms with Gasteiger partial charge in [0.15, 0.2) is 0 Å². The fourth-order valence-corrected chi connectivity index (χ4v) is 4.20. The van der Waals surface area contributed by atoms with Crippen molar-refractivity contribution < 1.29 is 4.74 Å². The summed E-state index contributed by atoms with van der Waals surface area (Å²) in [6.07, 6.45) is 1.20. The molecule has 1 aromatic heterocycles. The number of hydrogen-bond donors (Lipinski definition) is 0. The molecule has 2 aliphatic rings. The lowest BCUT2D eigenvalue weighted by atomic mass is 9.83. The number of nitrogens with zero attached hydrogens (tertiary/aromatic N) is 2. The highest BCUT2D eigenvalue weighted by molar-refractivity contribution is 5.33. The molecule has 0 unspecified atom stereocenters. The van der Waals surface area contributed by atoms with E-state index in [2.05, 4.69) is 23.1 Å². The topological polar surface area (TPSA) is 34.5 Å². The van der Waals surface area contributed by atoms with Gasteiger partial charge < -0.3 is 9.30 Å². The second kappa shape index (κ2) is 5.85. The summed E-state index contributed by atoms with van der Waals surface area (Å²) in [5, 5.41) is 0. The molecule has 0 amide bonds. The van der Waals surface area contributed by atoms with Crippen LogP contribution >= 0.6 is 0 Å². The summed E-state index contributed by atoms with van der Waals surface area (Å²) < 4.78 is 7.47. The van der Waals surface area contributed by atoms with Crippen molar-refractivity contribution in [3.05, 3.63) is 64.1 Å². The summed E-state index contributed by atoms with van der Waals surface area (Å²) in [5.41, 5.74) is 2.59. The third-order valence-electron chi connectivity index (χ3n) is 5.14. The number of para-hydroxylation sites is 1. The lowest BCUT2D eigenvalue weighted by Gasteiger charge is -2.42. The SMILES string of the molecule is COc1ccccc1CN1C[C@H]2C[C@H](C1)c1cccc(=O)n1C2. The first kappa shape index (κ1) is 14.5. The van der Waals surface area contributed by atoms with Crippen molar-refractivity contribution >= 4 is 0 Å². The molecule has 23 heavy (non-hydrogen) atoms. The molecular weight excluding hydrogens is 288 g/mol. The number of piperidine rings is 1. The average molecular weight is 310 g/mol. The summed E-state index contributed by atoms with van der Waals surface area (Å²) in [7, 11) is 1.73. The molecule has 1 aromatic carbocycles. The minimum Gasteiger partial charge on any atom is -0.496 e. The third kappa shape index (κ3) is 2.68. The van der Waals surface area contributed by atoms with E-state index in [4.69, 9.17) is 4.74 Å². The minimum atomic E-state index is 0.148. The van der Waals surface area contributed by atoms with Gasteiger partial charge in [0.2, 0.25) is 0 Å². The Morgan fingerprint density at radius 3 is 2.83 bits per heavy atom. The Balaban J connectivity index is 1.58. The summed E-state index contributed by atoms with van der Waals surface area (Å²) in [5.74, 6) is 1.99. The van der Waals surface area contributed by atoms with Gasteiger partial charge in [-0.1, -0.05) is 24.3 Å². The predicted molar refractivity (Wildman–Crippen MR) is 89.8 cm³/mol. The number of pyridine rings is 1. The van der Waals surface area contributed by atoms with Crippen LogP contribution in [0.2, 0.25) is 0 Å². The van der Waals surface area contributed by atoms with Gasteiger partial charge in [-0.15, -0.1) is 0 Å². The minimum absolute atomic E-state index is 0.148. The van der Waals surface area contributed by atoms with E-state index in [1.54, 1.807) is 13.2 Å². The third-order valence-corrected chi connectivity index (χ3v) is 5.14. The molecule has 0 saturated carbocycles. The zero-order chi connectivity index (χ0) is 15.8. The molecule has 0 spiro atoms. The smallest absolute Gasteiger partial charge is 0.250 e. The highest BCUT2D eigenvalue weighted by atomic mass is 16.5. The number of ether oxygens (including phenoxy) is 1. The summed E-state index contributed by atoms with van der Waals surface area (Å²) in [4.78, 5) is 14.6. The van der Waals surface area contributed by atoms with Crippen molar-refractivity contribution in [3.8, 4) is 5.75 Å². The highest BCUT2D eigenvalue weighted by Crippen LogP contribution is 2.36. The van der Waals surface area contributed by atoms with Gasteiger partial charge in [-0.05, 0) is 24.5 Å². The Kier molecular flexibility index (Phi) is 3.69. The number of fused-ring (bicyclic) bond motifs is 4. The predicted octanol–water partition coefficient (Wildman–Crippen LogP) is 2.48. The van der Waals surface area contributed by atoms with Gasteiger partial charge in [0.25, 0.3) is 5.56 Å². The van der Waals surface area contributed by atoms with Crippen molar-refractivity contribution in [1.82, 2.24) is 9.47 Å². The first-order chi connectivity index (χ1) is 11.2. The summed E-state index contributed by atoms with van der Waals surface area (Å²) in [6.45, 7) is 3.83. The largest absolute Gasteiger partial charge is 0.496 e. The van der Waals surface area contributed by atoms with Crippen molar-refractivity contribution in [2.24, 2.45) is 5.92 Å². The van der Waals surface area contributed by atoms with Crippen LogP contribution < -0.4 is 10.3 Å². The van der Waals surface area contributed by atoms with E-state index < -0.39 is 0 Å². The van der Waals surface area contributed by atoms with Gasteiger partial charge in [0.1, 0.15) is 5.75 Å². The van der Waals surface area contributed by atoms with E-state index in [9.17, 15) is 4.79 Å². The quantitative estimate of drug-likeness (QED) is 0.873. The Hall–Kier alpha value is -2.07. The second-order valence-corrected chi connectivity index (χ2v) is 6.70. The molecule has 1 fully saturated rings. The van der Waals surface area contributed by atoms with Gasteiger partial charge in [-0.25, -0.2) is 0 Å². The van der Waals surface area contributed by atoms with Crippen LogP contribution in [0.25, 0.3) is 0 Å². The van der Waals surface area contributed by atoms with Crippen molar-refractivity contribution in [2.45, 2.75) is 25.4 Å². The fourth-order valence-electron chi connectivity index (χ4n) is 4.20. The second-order valence-electron chi connectivity index (χ2n) is 6.70. The molecule has 1 saturated heterocycles. The molecule has 2 aliphatic heterocycles. The maximum Gasteiger partial charge on any atom is 0.250 e. The van der Waals surface area contributed by atoms with E-state index in [-0.39, 0.29) is 5.56 Å². The van der Waals surface area contributed by atoms with Gasteiger partial charge in [-0.3, -0.25) is 9.69 Å². The van der Waals surface area contributed by atoms with Gasteiger partial charge in [0, 0.05) is 49.4 Å². The number of aromatic nitrogens is 1. The van der Waals surface area contributed by atoms with Crippen LogP contribution in [-0.4, -0.2) is 29.7 Å². The summed E-state index contributed by atoms with van der Waals surface area (Å²) in [6, 6.07) is 13.9. The van der Waals surface area contributed by atoms with Crippen LogP contribution in [0.15, 0.2) is 47.3 Å². The number of methoxy groups -OCH3 is 1. The first-order valence-corrected chi connectivity index (χ1v) is 8.28. The van der Waals surface area contributed by atoms with Crippen LogP contribution in [0.1, 0.15) is 23.6 Å². The van der Waals surface area contributed by atoms with E-state index in [0.717, 1.165) is 31.9 Å². The fraction of sp³-hybridized carbons (Fsp3) is 0.421. The Morgan fingerprint density at radius 2 is 1.96 bits per heavy atom. The first-order valence-electron chi connectivity index (χ1n) is 8.28. The number of benzene rings is 1. The van der Waals surface area contributed by atoms with Crippen LogP contribution in [-0.2, 0) is 13.1 Å². The zero-order valence-electron chi connectivity index (χ0n) is 13.4. The molecule has 4 rings (SSSR count). The number of rotatable bonds is 3. The van der Waals surface area contributed by atoms with Crippen molar-refractivity contribution in [3.63, 3.8) is 0 Å². The van der Waals surface area contributed by atoms with Crippen LogP contribution in [0.3, 0.4) is 0 Å². The van der Waals surface area contributed by atoms with E-state index >= 15 is 0 Å². The normalized spacial score (nSPS) is 23.3. The Bertz CT molecular complexity index is 768. The van der Waals surface area contributed by atoms with Crippen molar-refractivity contribution in [1.29, 1.82) is 0 Å². The van der Waals surface area contributed by atoms with E-state index in [0.29, 0.717) is 11.8 Å². The highest BCUT2D eigenvalue weighted by Gasteiger charge is 2.34. The Morgan fingerprint density at radius 1 is 1.09 bits per heavy atom. The zero-order valence-corrected chi connectivity index (χ0v) is 13.4. The molecule has 2 atom stereocenters. The molecule has 2 aromatic rings. The standard InChI is InChI=1S/C19H22N2O2/c1-23-18-7-3-2-5-15(18)12-20-10-14-9-16(13-20)17-6-4-8-19(22)21(17)11-14/h2-8,14,16H,9-13H2,1H3/t14-,16-/m1/s1. The van der Waals surface area contributed by atoms with Crippen molar-refractivity contribution in [2.75, 3.05) is 20.2 Å². The number of likely N-dealkylation sites (tertiary alicyclic amines) is 1. The Labute approximate surface area is 136 Å². The lowest BCUT2D eigenvalue weighted by Crippen LogP contribution is -2.46. The number of hydrogen-bond acceptors (Lipinski definition) is 3. The molecule has 0 N–H and O–H groups in total. The van der Waals surface area contributed by atoms with E-state index in [1.807, 2.05) is 22.8 Å². The van der Waals surface area contributed by atoms with Crippen LogP contribution in [0.4, 0.5) is 0 Å². The van der Waals surface area contributed by atoms with Crippen LogP contribution in [0.5, 0.6) is 5.75 Å². The molecule has 3 heterocycles. The molecule has 4 heteroatoms. The molecule has 4 nitrogen and oxygen atoms in total. The lowest BCUT2D eigenvalue weighted by molar-refractivity contribution is 0.113. The maximum atomic E-state index is 12.1. The summed E-state index contributed by atoms with van der Waals surface area (Å²) >= 11 is 0. The monoisotopic (exact) mass is 310 g/mol. The van der Waals surface area contributed by atoms with Gasteiger partial charge in [0.05, 0.1) is 7.11 Å². The maximum absolute atomic E-state index is 12.1. The molecule has 2 bridgehead atoms. The van der Waals surface area contributed by atoms with E-state index in [1.165, 1.54) is 17.7 Å². The van der Waals surface area contributed by atoms with Gasteiger partial charge in [-0.2, -0.15) is 0 Å². The molecular formula is C19H22N2O2.